The molecule has 1 heterocycles. The second kappa shape index (κ2) is 3.58. The molecule has 0 unspecified atom stereocenters. The van der Waals surface area contributed by atoms with E-state index in [4.69, 9.17) is 0 Å². The molecule has 0 aromatic heterocycles. The Kier molecular flexibility index (Phi) is 2.65. The molecular formula is C14H22N2O3. The molecule has 0 aromatic carbocycles. The largest absolute Gasteiger partial charge is 0.330 e. The van der Waals surface area contributed by atoms with Crippen molar-refractivity contribution in [1.82, 2.24) is 10.2 Å². The second-order valence-electron chi connectivity index (χ2n) is 7.30. The van der Waals surface area contributed by atoms with Gasteiger partial charge in [-0.3, -0.25) is 19.8 Å². The van der Waals surface area contributed by atoms with E-state index in [0.29, 0.717) is 6.54 Å². The van der Waals surface area contributed by atoms with Gasteiger partial charge in [0, 0.05) is 6.54 Å². The molecule has 1 aliphatic heterocycles. The normalized spacial score (nSPS) is 28.3. The van der Waals surface area contributed by atoms with Crippen LogP contribution in [-0.2, 0) is 9.59 Å². The van der Waals surface area contributed by atoms with Crippen molar-refractivity contribution in [3.8, 4) is 0 Å². The topological polar surface area (TPSA) is 66.5 Å². The van der Waals surface area contributed by atoms with E-state index in [1.807, 2.05) is 0 Å². The lowest BCUT2D eigenvalue weighted by molar-refractivity contribution is -0.149. The molecule has 0 aromatic rings. The molecule has 5 heteroatoms. The third-order valence-corrected chi connectivity index (χ3v) is 5.50. The van der Waals surface area contributed by atoms with E-state index in [2.05, 4.69) is 33.0 Å². The van der Waals surface area contributed by atoms with E-state index in [1.165, 1.54) is 4.90 Å². The summed E-state index contributed by atoms with van der Waals surface area (Å²) >= 11 is 0. The van der Waals surface area contributed by atoms with E-state index in [-0.39, 0.29) is 16.7 Å². The fraction of sp³-hybridized carbons (Fsp3) is 0.786. The molecule has 1 aliphatic carbocycles. The van der Waals surface area contributed by atoms with Gasteiger partial charge in [-0.2, -0.15) is 0 Å². The third-order valence-electron chi connectivity index (χ3n) is 5.50. The molecule has 1 N–H and O–H groups in total. The van der Waals surface area contributed by atoms with Crippen LogP contribution in [-0.4, -0.2) is 29.3 Å². The Bertz CT molecular complexity index is 463. The standard InChI is InChI=1S/C14H22N2O3/c1-12(2)9(17)15-11(19)16(10(12)18)7-8-13(3,4)14(8,5)6/h8H,7H2,1-6H3,(H,15,17,19). The molecule has 4 amide bonds. The van der Waals surface area contributed by atoms with Crippen molar-refractivity contribution in [2.75, 3.05) is 6.54 Å². The second-order valence-corrected chi connectivity index (χ2v) is 7.30. The van der Waals surface area contributed by atoms with Gasteiger partial charge >= 0.3 is 6.03 Å². The average Bonchev–Trinajstić information content (AvgIpc) is 2.63. The highest BCUT2D eigenvalue weighted by atomic mass is 16.2. The molecule has 0 atom stereocenters. The first-order valence-corrected chi connectivity index (χ1v) is 6.61. The number of barbiturate groups is 1. The molecule has 0 radical (unpaired) electrons. The zero-order valence-electron chi connectivity index (χ0n) is 12.5. The van der Waals surface area contributed by atoms with Crippen molar-refractivity contribution < 1.29 is 14.4 Å². The van der Waals surface area contributed by atoms with Crippen LogP contribution in [0.1, 0.15) is 41.5 Å². The van der Waals surface area contributed by atoms with E-state index in [0.717, 1.165) is 0 Å². The number of rotatable bonds is 2. The molecule has 1 saturated heterocycles. The van der Waals surface area contributed by atoms with Gasteiger partial charge in [-0.25, -0.2) is 4.79 Å². The maximum absolute atomic E-state index is 12.3. The Morgan fingerprint density at radius 2 is 1.47 bits per heavy atom. The van der Waals surface area contributed by atoms with Crippen LogP contribution in [0.15, 0.2) is 0 Å². The smallest absolute Gasteiger partial charge is 0.277 e. The molecule has 2 rings (SSSR count). The quantitative estimate of drug-likeness (QED) is 0.775. The van der Waals surface area contributed by atoms with Crippen LogP contribution in [0.5, 0.6) is 0 Å². The molecule has 1 saturated carbocycles. The van der Waals surface area contributed by atoms with E-state index >= 15 is 0 Å². The van der Waals surface area contributed by atoms with Gasteiger partial charge in [-0.05, 0) is 30.6 Å². The molecular weight excluding hydrogens is 244 g/mol. The highest BCUT2D eigenvalue weighted by Gasteiger charge is 2.65. The first kappa shape index (κ1) is 14.0. The van der Waals surface area contributed by atoms with Gasteiger partial charge in [0.15, 0.2) is 0 Å². The molecule has 0 spiro atoms. The molecule has 5 nitrogen and oxygen atoms in total. The minimum atomic E-state index is -1.17. The van der Waals surface area contributed by atoms with Gasteiger partial charge in [-0.15, -0.1) is 0 Å². The van der Waals surface area contributed by atoms with Crippen LogP contribution in [0.25, 0.3) is 0 Å². The van der Waals surface area contributed by atoms with Crippen LogP contribution in [0.4, 0.5) is 4.79 Å². The summed E-state index contributed by atoms with van der Waals surface area (Å²) < 4.78 is 0. The monoisotopic (exact) mass is 266 g/mol. The van der Waals surface area contributed by atoms with Gasteiger partial charge in [0.05, 0.1) is 0 Å². The van der Waals surface area contributed by atoms with Crippen LogP contribution in [0.2, 0.25) is 0 Å². The fourth-order valence-corrected chi connectivity index (χ4v) is 2.99. The summed E-state index contributed by atoms with van der Waals surface area (Å²) in [5, 5.41) is 2.27. The first-order chi connectivity index (χ1) is 8.44. The first-order valence-electron chi connectivity index (χ1n) is 6.61. The third kappa shape index (κ3) is 1.70. The Morgan fingerprint density at radius 1 is 1.00 bits per heavy atom. The van der Waals surface area contributed by atoms with Crippen molar-refractivity contribution in [2.45, 2.75) is 41.5 Å². The Hall–Kier alpha value is -1.39. The molecule has 0 bridgehead atoms. The summed E-state index contributed by atoms with van der Waals surface area (Å²) in [4.78, 5) is 37.0. The van der Waals surface area contributed by atoms with Gasteiger partial charge in [0.1, 0.15) is 5.41 Å². The summed E-state index contributed by atoms with van der Waals surface area (Å²) in [7, 11) is 0. The van der Waals surface area contributed by atoms with Gasteiger partial charge < -0.3 is 0 Å². The van der Waals surface area contributed by atoms with Gasteiger partial charge in [-0.1, -0.05) is 27.7 Å². The Balaban J connectivity index is 2.20. The number of hydrogen-bond donors (Lipinski definition) is 1. The Labute approximate surface area is 113 Å². The zero-order valence-corrected chi connectivity index (χ0v) is 12.5. The highest BCUT2D eigenvalue weighted by molar-refractivity contribution is 6.18. The number of carbonyl (C=O) groups is 3. The number of urea groups is 1. The summed E-state index contributed by atoms with van der Waals surface area (Å²) in [5.74, 6) is -0.661. The SMILES string of the molecule is CC1(C)C(=O)NC(=O)N(CC2C(C)(C)C2(C)C)C1=O. The van der Waals surface area contributed by atoms with Crippen LogP contribution in [0, 0.1) is 22.2 Å². The van der Waals surface area contributed by atoms with E-state index in [9.17, 15) is 14.4 Å². The number of hydrogen-bond acceptors (Lipinski definition) is 3. The minimum Gasteiger partial charge on any atom is -0.277 e. The molecule has 19 heavy (non-hydrogen) atoms. The van der Waals surface area contributed by atoms with Crippen molar-refractivity contribution in [3.63, 3.8) is 0 Å². The van der Waals surface area contributed by atoms with E-state index in [1.54, 1.807) is 13.8 Å². The summed E-state index contributed by atoms with van der Waals surface area (Å²) in [6, 6.07) is -0.590. The predicted octanol–water partition coefficient (Wildman–Crippen LogP) is 1.77. The van der Waals surface area contributed by atoms with Crippen molar-refractivity contribution in [1.29, 1.82) is 0 Å². The van der Waals surface area contributed by atoms with Crippen molar-refractivity contribution >= 4 is 17.8 Å². The number of nitrogens with zero attached hydrogens (tertiary/aromatic N) is 1. The number of amides is 4. The summed E-state index contributed by atoms with van der Waals surface area (Å²) in [5.41, 5.74) is -0.977. The summed E-state index contributed by atoms with van der Waals surface area (Å²) in [6.07, 6.45) is 0. The lowest BCUT2D eigenvalue weighted by atomic mass is 9.88. The fourth-order valence-electron chi connectivity index (χ4n) is 2.99. The van der Waals surface area contributed by atoms with Crippen LogP contribution >= 0.6 is 0 Å². The highest BCUT2D eigenvalue weighted by Crippen LogP contribution is 2.68. The lowest BCUT2D eigenvalue weighted by Crippen LogP contribution is -2.62. The maximum Gasteiger partial charge on any atom is 0.330 e. The van der Waals surface area contributed by atoms with Crippen LogP contribution < -0.4 is 5.32 Å². The molecule has 2 fully saturated rings. The number of nitrogens with one attached hydrogen (secondary N) is 1. The predicted molar refractivity (Wildman–Crippen MR) is 70.1 cm³/mol. The van der Waals surface area contributed by atoms with Crippen molar-refractivity contribution in [3.05, 3.63) is 0 Å². The van der Waals surface area contributed by atoms with Gasteiger partial charge in [0.2, 0.25) is 11.8 Å². The van der Waals surface area contributed by atoms with Crippen molar-refractivity contribution in [2.24, 2.45) is 22.2 Å². The maximum atomic E-state index is 12.3. The number of imide groups is 2. The average molecular weight is 266 g/mol. The molecule has 2 aliphatic rings. The van der Waals surface area contributed by atoms with Crippen LogP contribution in [0.3, 0.4) is 0 Å². The Morgan fingerprint density at radius 3 is 1.89 bits per heavy atom. The molecule has 106 valence electrons. The van der Waals surface area contributed by atoms with E-state index < -0.39 is 23.3 Å². The minimum absolute atomic E-state index is 0.0964. The summed E-state index contributed by atoms with van der Waals surface area (Å²) in [6.45, 7) is 12.0. The number of carbonyl (C=O) groups excluding carboxylic acids is 3. The lowest BCUT2D eigenvalue weighted by Gasteiger charge is -2.35. The van der Waals surface area contributed by atoms with Gasteiger partial charge in [0.25, 0.3) is 0 Å². The zero-order chi connectivity index (χ0) is 14.8.